The van der Waals surface area contributed by atoms with E-state index in [2.05, 4.69) is 28.2 Å². The summed E-state index contributed by atoms with van der Waals surface area (Å²) in [5.41, 5.74) is 0. The first kappa shape index (κ1) is 19.5. The van der Waals surface area contributed by atoms with E-state index in [0.29, 0.717) is 0 Å². The Morgan fingerprint density at radius 2 is 2.00 bits per heavy atom. The van der Waals surface area contributed by atoms with Gasteiger partial charge in [-0.1, -0.05) is 0 Å². The molecule has 1 aromatic heterocycles. The Balaban J connectivity index is -0.000000131. The van der Waals surface area contributed by atoms with Crippen molar-refractivity contribution in [3.05, 3.63) is 48.8 Å². The number of rotatable bonds is 0. The van der Waals surface area contributed by atoms with Gasteiger partial charge in [0.25, 0.3) is 0 Å². The summed E-state index contributed by atoms with van der Waals surface area (Å²) in [4.78, 5) is 5.99. The molecule has 1 nitrogen and oxygen atoms in total. The molecule has 2 rings (SSSR count). The van der Waals surface area contributed by atoms with E-state index in [0.717, 1.165) is 6.42 Å². The van der Waals surface area contributed by atoms with Gasteiger partial charge < -0.3 is 29.8 Å². The molecule has 0 unspecified atom stereocenters. The fraction of sp³-hybridized carbons (Fsp3) is 0.100. The zero-order chi connectivity index (χ0) is 9.07. The second-order valence-corrected chi connectivity index (χ2v) is 1.82. The Morgan fingerprint density at radius 1 is 1.29 bits per heavy atom. The van der Waals surface area contributed by atoms with E-state index in [4.69, 9.17) is 0 Å². The molecule has 0 spiro atoms. The molecule has 0 saturated heterocycles. The molecule has 1 aromatic rings. The predicted molar refractivity (Wildman–Crippen MR) is 48.3 cm³/mol. The van der Waals surface area contributed by atoms with Crippen molar-refractivity contribution in [1.82, 2.24) is 4.98 Å². The van der Waals surface area contributed by atoms with Crippen LogP contribution in [0.4, 0.5) is 0 Å². The zero-order valence-electron chi connectivity index (χ0n) is 7.63. The second kappa shape index (κ2) is 18.7. The molecule has 0 fully saturated rings. The summed E-state index contributed by atoms with van der Waals surface area (Å²) in [7, 11) is 0. The van der Waals surface area contributed by atoms with Crippen molar-refractivity contribution in [3.8, 4) is 0 Å². The van der Waals surface area contributed by atoms with Crippen LogP contribution in [0.2, 0.25) is 0 Å². The summed E-state index contributed by atoms with van der Waals surface area (Å²) in [5, 5.41) is 0. The van der Waals surface area contributed by atoms with Crippen LogP contribution < -0.4 is 24.8 Å². The van der Waals surface area contributed by atoms with Gasteiger partial charge in [0.15, 0.2) is 0 Å². The van der Waals surface area contributed by atoms with Crippen LogP contribution in [0.3, 0.4) is 0 Å². The summed E-state index contributed by atoms with van der Waals surface area (Å²) in [6, 6.07) is 3.71. The fourth-order valence-electron chi connectivity index (χ4n) is 0.581. The van der Waals surface area contributed by atoms with Gasteiger partial charge in [0.2, 0.25) is 0 Å². The van der Waals surface area contributed by atoms with Gasteiger partial charge in [-0.05, 0) is 0 Å². The summed E-state index contributed by atoms with van der Waals surface area (Å²) in [6.45, 7) is 0. The van der Waals surface area contributed by atoms with E-state index in [9.17, 15) is 0 Å². The van der Waals surface area contributed by atoms with Crippen molar-refractivity contribution in [2.24, 2.45) is 0 Å². The van der Waals surface area contributed by atoms with Crippen LogP contribution in [0.5, 0.6) is 0 Å². The molecule has 1 aliphatic rings. The van der Waals surface area contributed by atoms with Gasteiger partial charge >= 0.3 is 24.8 Å². The molecular formula is C10H11Cl2NTi-2. The molecule has 1 N–H and O–H groups in total. The average molecular weight is 264 g/mol. The van der Waals surface area contributed by atoms with Gasteiger partial charge in [0, 0.05) is 0 Å². The first-order valence-electron chi connectivity index (χ1n) is 3.56. The SMILES string of the molecule is [C-]1=CC=CC1.[CH2]=[Ti+2].[Cl-].[Cl-].[c-]1ccc[nH]1. The predicted octanol–water partition coefficient (Wildman–Crippen LogP) is -3.91. The fourth-order valence-corrected chi connectivity index (χ4v) is 0.581. The normalized spacial score (nSPS) is 9.57. The van der Waals surface area contributed by atoms with Crippen molar-refractivity contribution in [1.29, 1.82) is 0 Å². The van der Waals surface area contributed by atoms with Crippen LogP contribution in [-0.2, 0) is 20.0 Å². The van der Waals surface area contributed by atoms with E-state index in [1.54, 1.807) is 20.0 Å². The van der Waals surface area contributed by atoms with E-state index < -0.39 is 0 Å². The number of aromatic amines is 1. The maximum absolute atomic E-state index is 3.25. The average Bonchev–Trinajstić information content (AvgIpc) is 2.87. The molecule has 14 heavy (non-hydrogen) atoms. The molecule has 4 heteroatoms. The quantitative estimate of drug-likeness (QED) is 0.364. The topological polar surface area (TPSA) is 15.8 Å². The summed E-state index contributed by atoms with van der Waals surface area (Å²) in [6.07, 6.45) is 14.6. The maximum Gasteiger partial charge on any atom is -0.108 e. The monoisotopic (exact) mass is 263 g/mol. The number of H-pyrrole nitrogens is 1. The Hall–Kier alpha value is -0.0757. The molecule has 0 aliphatic heterocycles. The van der Waals surface area contributed by atoms with Crippen molar-refractivity contribution in [2.75, 3.05) is 0 Å². The molecule has 0 radical (unpaired) electrons. The summed E-state index contributed by atoms with van der Waals surface area (Å²) in [5.74, 6) is 0. The molecule has 1 aliphatic carbocycles. The molecular weight excluding hydrogens is 253 g/mol. The number of hydrogen-bond acceptors (Lipinski definition) is 0. The molecule has 1 heterocycles. The smallest absolute Gasteiger partial charge is 0.108 e. The van der Waals surface area contributed by atoms with Crippen LogP contribution in [0.1, 0.15) is 6.42 Å². The Morgan fingerprint density at radius 3 is 2.14 bits per heavy atom. The molecule has 76 valence electrons. The van der Waals surface area contributed by atoms with Gasteiger partial charge in [0.1, 0.15) is 0 Å². The third-order valence-corrected chi connectivity index (χ3v) is 1.03. The van der Waals surface area contributed by atoms with Gasteiger partial charge in [0.05, 0.1) is 0 Å². The van der Waals surface area contributed by atoms with E-state index in [1.165, 1.54) is 0 Å². The van der Waals surface area contributed by atoms with Gasteiger partial charge in [-0.15, -0.1) is 12.6 Å². The molecule has 0 atom stereocenters. The first-order chi connectivity index (χ1) is 6.00. The van der Waals surface area contributed by atoms with Crippen LogP contribution in [-0.4, -0.2) is 9.80 Å². The standard InChI is InChI=1S/C5H5.C4H4N.CH2.2ClH.Ti/c2*1-2-4-5-3-1;;;;/h1-3H,4H2;1-3,5H;1H2;2*1H;/q2*-1;;;;+2/p-2. The number of allylic oxidation sites excluding steroid dienone is 4. The van der Waals surface area contributed by atoms with Crippen molar-refractivity contribution in [3.63, 3.8) is 0 Å². The van der Waals surface area contributed by atoms with Gasteiger partial charge in [-0.3, -0.25) is 6.08 Å². The molecule has 0 saturated carbocycles. The van der Waals surface area contributed by atoms with Crippen LogP contribution in [0.25, 0.3) is 0 Å². The number of nitrogens with one attached hydrogen (secondary N) is 1. The third kappa shape index (κ3) is 14.4. The second-order valence-electron chi connectivity index (χ2n) is 1.82. The van der Waals surface area contributed by atoms with E-state index in [-0.39, 0.29) is 24.8 Å². The van der Waals surface area contributed by atoms with E-state index in [1.807, 2.05) is 30.5 Å². The Kier molecular flexibility index (Phi) is 26.0. The summed E-state index contributed by atoms with van der Waals surface area (Å²) >= 11 is 1.75. The minimum absolute atomic E-state index is 0. The molecule has 0 bridgehead atoms. The van der Waals surface area contributed by atoms with Crippen molar-refractivity contribution < 1.29 is 44.8 Å². The zero-order valence-corrected chi connectivity index (χ0v) is 10.7. The van der Waals surface area contributed by atoms with E-state index >= 15 is 0 Å². The maximum atomic E-state index is 3.25. The first-order valence-corrected chi connectivity index (χ1v) is 4.67. The number of halogens is 2. The minimum Gasteiger partial charge on any atom is -1.00 e. The third-order valence-electron chi connectivity index (χ3n) is 1.03. The van der Waals surface area contributed by atoms with Crippen LogP contribution >= 0.6 is 0 Å². The van der Waals surface area contributed by atoms with Gasteiger partial charge in [-0.2, -0.15) is 24.4 Å². The van der Waals surface area contributed by atoms with Crippen molar-refractivity contribution in [2.45, 2.75) is 6.42 Å². The number of aromatic nitrogens is 1. The molecule has 0 amide bonds. The minimum atomic E-state index is 0. The van der Waals surface area contributed by atoms with Crippen molar-refractivity contribution >= 4 is 4.82 Å². The Bertz CT molecular complexity index is 193. The number of hydrogen-bond donors (Lipinski definition) is 1. The summed E-state index contributed by atoms with van der Waals surface area (Å²) < 4.78 is 0. The van der Waals surface area contributed by atoms with Gasteiger partial charge in [-0.25, -0.2) is 12.2 Å². The molecule has 0 aromatic carbocycles. The Labute approximate surface area is 109 Å². The van der Waals surface area contributed by atoms with Crippen LogP contribution in [0.15, 0.2) is 36.6 Å². The largest absolute Gasteiger partial charge is 1.00 e. The van der Waals surface area contributed by atoms with Crippen LogP contribution in [0, 0.1) is 12.3 Å².